The number of aryl methyl sites for hydroxylation is 1. The fraction of sp³-hybridized carbons (Fsp3) is 0.500. The van der Waals surface area contributed by atoms with Crippen LogP contribution in [-0.2, 0) is 12.8 Å². The standard InChI is InChI=1S/C10H12FNO/c1-13-10-4-5-12-9-3-2-7(11)6-8(9)10/h4-5,7H,2-3,6H2,1H3. The van der Waals surface area contributed by atoms with Crippen molar-refractivity contribution < 1.29 is 9.13 Å². The fourth-order valence-corrected chi connectivity index (χ4v) is 1.76. The van der Waals surface area contributed by atoms with Gasteiger partial charge in [0.15, 0.2) is 0 Å². The second kappa shape index (κ2) is 3.32. The van der Waals surface area contributed by atoms with E-state index in [-0.39, 0.29) is 0 Å². The van der Waals surface area contributed by atoms with Crippen molar-refractivity contribution >= 4 is 0 Å². The molecule has 13 heavy (non-hydrogen) atoms. The van der Waals surface area contributed by atoms with E-state index >= 15 is 0 Å². The minimum Gasteiger partial charge on any atom is -0.496 e. The first-order valence-corrected chi connectivity index (χ1v) is 4.46. The number of rotatable bonds is 1. The zero-order valence-corrected chi connectivity index (χ0v) is 7.59. The number of nitrogens with zero attached hydrogens (tertiary/aromatic N) is 1. The van der Waals surface area contributed by atoms with Crippen molar-refractivity contribution in [2.45, 2.75) is 25.4 Å². The highest BCUT2D eigenvalue weighted by Crippen LogP contribution is 2.28. The first-order chi connectivity index (χ1) is 6.31. The van der Waals surface area contributed by atoms with Gasteiger partial charge >= 0.3 is 0 Å². The van der Waals surface area contributed by atoms with Gasteiger partial charge in [-0.2, -0.15) is 0 Å². The number of halogens is 1. The van der Waals surface area contributed by atoms with Crippen molar-refractivity contribution in [2.24, 2.45) is 0 Å². The Labute approximate surface area is 76.7 Å². The minimum atomic E-state index is -0.731. The molecule has 1 aliphatic carbocycles. The molecule has 0 aromatic carbocycles. The average molecular weight is 181 g/mol. The van der Waals surface area contributed by atoms with E-state index in [2.05, 4.69) is 4.98 Å². The summed E-state index contributed by atoms with van der Waals surface area (Å²) < 4.78 is 18.2. The van der Waals surface area contributed by atoms with Gasteiger partial charge in [-0.3, -0.25) is 4.98 Å². The van der Waals surface area contributed by atoms with E-state index < -0.39 is 6.17 Å². The van der Waals surface area contributed by atoms with Crippen LogP contribution in [0.25, 0.3) is 0 Å². The molecule has 0 saturated carbocycles. The van der Waals surface area contributed by atoms with E-state index in [1.807, 2.05) is 0 Å². The maximum Gasteiger partial charge on any atom is 0.125 e. The van der Waals surface area contributed by atoms with E-state index in [0.29, 0.717) is 12.8 Å². The van der Waals surface area contributed by atoms with Crippen molar-refractivity contribution in [3.8, 4) is 5.75 Å². The highest BCUT2D eigenvalue weighted by Gasteiger charge is 2.21. The minimum absolute atomic E-state index is 0.451. The van der Waals surface area contributed by atoms with Gasteiger partial charge in [0, 0.05) is 23.9 Å². The highest BCUT2D eigenvalue weighted by atomic mass is 19.1. The van der Waals surface area contributed by atoms with Crippen LogP contribution < -0.4 is 4.74 Å². The fourth-order valence-electron chi connectivity index (χ4n) is 1.76. The summed E-state index contributed by atoms with van der Waals surface area (Å²) in [6.45, 7) is 0. The van der Waals surface area contributed by atoms with Crippen LogP contribution in [-0.4, -0.2) is 18.3 Å². The summed E-state index contributed by atoms with van der Waals surface area (Å²) in [5.74, 6) is 0.771. The molecule has 0 fully saturated rings. The molecule has 1 unspecified atom stereocenters. The van der Waals surface area contributed by atoms with Crippen LogP contribution in [0, 0.1) is 0 Å². The van der Waals surface area contributed by atoms with Gasteiger partial charge in [-0.1, -0.05) is 0 Å². The van der Waals surface area contributed by atoms with Gasteiger partial charge in [-0.25, -0.2) is 4.39 Å². The molecule has 2 nitrogen and oxygen atoms in total. The van der Waals surface area contributed by atoms with E-state index in [0.717, 1.165) is 23.4 Å². The van der Waals surface area contributed by atoms with Crippen LogP contribution in [0.1, 0.15) is 17.7 Å². The maximum absolute atomic E-state index is 13.1. The first-order valence-electron chi connectivity index (χ1n) is 4.46. The largest absolute Gasteiger partial charge is 0.496 e. The highest BCUT2D eigenvalue weighted by molar-refractivity contribution is 5.37. The van der Waals surface area contributed by atoms with Gasteiger partial charge in [-0.15, -0.1) is 0 Å². The maximum atomic E-state index is 13.1. The van der Waals surface area contributed by atoms with Crippen LogP contribution in [0.5, 0.6) is 5.75 Å². The van der Waals surface area contributed by atoms with Crippen LogP contribution in [0.2, 0.25) is 0 Å². The van der Waals surface area contributed by atoms with Crippen molar-refractivity contribution in [1.82, 2.24) is 4.98 Å². The van der Waals surface area contributed by atoms with Gasteiger partial charge in [0.05, 0.1) is 7.11 Å². The van der Waals surface area contributed by atoms with Gasteiger partial charge in [0.1, 0.15) is 11.9 Å². The lowest BCUT2D eigenvalue weighted by Gasteiger charge is -2.19. The van der Waals surface area contributed by atoms with Gasteiger partial charge in [0.2, 0.25) is 0 Å². The molecule has 1 heterocycles. The molecule has 1 aromatic rings. The van der Waals surface area contributed by atoms with Gasteiger partial charge in [0.25, 0.3) is 0 Å². The number of hydrogen-bond acceptors (Lipinski definition) is 2. The molecule has 0 amide bonds. The summed E-state index contributed by atoms with van der Waals surface area (Å²) in [6, 6.07) is 1.79. The lowest BCUT2D eigenvalue weighted by Crippen LogP contribution is -2.16. The third-order valence-electron chi connectivity index (χ3n) is 2.44. The molecule has 0 aliphatic heterocycles. The molecule has 0 N–H and O–H groups in total. The lowest BCUT2D eigenvalue weighted by atomic mass is 9.94. The summed E-state index contributed by atoms with van der Waals surface area (Å²) >= 11 is 0. The molecule has 1 atom stereocenters. The molecule has 0 saturated heterocycles. The Morgan fingerprint density at radius 2 is 2.46 bits per heavy atom. The van der Waals surface area contributed by atoms with Crippen molar-refractivity contribution in [3.05, 3.63) is 23.5 Å². The molecule has 0 radical (unpaired) electrons. The summed E-state index contributed by atoms with van der Waals surface area (Å²) in [4.78, 5) is 4.22. The Bertz CT molecular complexity index is 300. The predicted octanol–water partition coefficient (Wildman–Crippen LogP) is 1.92. The number of methoxy groups -OCH3 is 1. The molecule has 70 valence electrons. The molecule has 3 heteroatoms. The van der Waals surface area contributed by atoms with Crippen molar-refractivity contribution in [3.63, 3.8) is 0 Å². The predicted molar refractivity (Wildman–Crippen MR) is 47.7 cm³/mol. The number of fused-ring (bicyclic) bond motifs is 1. The van der Waals surface area contributed by atoms with Crippen molar-refractivity contribution in [1.29, 1.82) is 0 Å². The number of alkyl halides is 1. The Hall–Kier alpha value is -1.12. The topological polar surface area (TPSA) is 22.1 Å². The van der Waals surface area contributed by atoms with E-state index in [4.69, 9.17) is 4.74 Å². The van der Waals surface area contributed by atoms with Crippen LogP contribution in [0.15, 0.2) is 12.3 Å². The number of ether oxygens (including phenoxy) is 1. The van der Waals surface area contributed by atoms with E-state index in [9.17, 15) is 4.39 Å². The lowest BCUT2D eigenvalue weighted by molar-refractivity contribution is 0.293. The molecule has 0 bridgehead atoms. The summed E-state index contributed by atoms with van der Waals surface area (Å²) in [5.41, 5.74) is 1.94. The second-order valence-corrected chi connectivity index (χ2v) is 3.28. The second-order valence-electron chi connectivity index (χ2n) is 3.28. The number of aromatic nitrogens is 1. The Morgan fingerprint density at radius 1 is 1.62 bits per heavy atom. The summed E-state index contributed by atoms with van der Waals surface area (Å²) in [5, 5.41) is 0. The molecule has 1 aliphatic rings. The number of pyridine rings is 1. The Morgan fingerprint density at radius 3 is 3.23 bits per heavy atom. The summed E-state index contributed by atoms with van der Waals surface area (Å²) in [7, 11) is 1.61. The smallest absolute Gasteiger partial charge is 0.125 e. The molecular formula is C10H12FNO. The quantitative estimate of drug-likeness (QED) is 0.660. The molecule has 2 rings (SSSR count). The molecule has 0 spiro atoms. The third-order valence-corrected chi connectivity index (χ3v) is 2.44. The van der Waals surface area contributed by atoms with Crippen LogP contribution in [0.4, 0.5) is 4.39 Å². The third kappa shape index (κ3) is 1.50. The van der Waals surface area contributed by atoms with Crippen LogP contribution >= 0.6 is 0 Å². The first kappa shape index (κ1) is 8.48. The molecule has 1 aromatic heterocycles. The SMILES string of the molecule is COc1ccnc2c1CC(F)CC2. The van der Waals surface area contributed by atoms with Crippen molar-refractivity contribution in [2.75, 3.05) is 7.11 Å². The molecular weight excluding hydrogens is 169 g/mol. The van der Waals surface area contributed by atoms with E-state index in [1.165, 1.54) is 0 Å². The van der Waals surface area contributed by atoms with E-state index in [1.54, 1.807) is 19.4 Å². The van der Waals surface area contributed by atoms with Crippen LogP contribution in [0.3, 0.4) is 0 Å². The normalized spacial score (nSPS) is 20.9. The zero-order valence-electron chi connectivity index (χ0n) is 7.59. The van der Waals surface area contributed by atoms with Gasteiger partial charge < -0.3 is 4.74 Å². The Kier molecular flexibility index (Phi) is 2.17. The monoisotopic (exact) mass is 181 g/mol. The average Bonchev–Trinajstić information content (AvgIpc) is 2.17. The van der Waals surface area contributed by atoms with Gasteiger partial charge in [-0.05, 0) is 18.9 Å². The zero-order chi connectivity index (χ0) is 9.26. The number of hydrogen-bond donors (Lipinski definition) is 0. The summed E-state index contributed by atoms with van der Waals surface area (Å²) in [6.07, 6.45) is 2.76. The Balaban J connectivity index is 2.41.